The summed E-state index contributed by atoms with van der Waals surface area (Å²) in [5.74, 6) is 0.805. The molecule has 0 radical (unpaired) electrons. The van der Waals surface area contributed by atoms with Crippen LogP contribution in [0.4, 0.5) is 0 Å². The van der Waals surface area contributed by atoms with Crippen molar-refractivity contribution in [1.82, 2.24) is 10.2 Å². The zero-order chi connectivity index (χ0) is 17.4. The molecule has 3 aliphatic heterocycles. The highest BCUT2D eigenvalue weighted by molar-refractivity contribution is 6.31. The van der Waals surface area contributed by atoms with Crippen LogP contribution in [0.5, 0.6) is 0 Å². The average Bonchev–Trinajstić information content (AvgIpc) is 2.94. The van der Waals surface area contributed by atoms with Crippen LogP contribution in [0, 0.1) is 5.92 Å². The standard InChI is InChI=1S/C20H27ClN2O2.ClH/c1-13-12-25-19(17-4-2-3-5-18(17)21)11-23(13)20(24)10-14-8-15-6-7-16(9-14)22-15;/h2-5,13-16,19,22H,6-12H2,1H3;1H. The van der Waals surface area contributed by atoms with E-state index in [4.69, 9.17) is 16.3 Å². The van der Waals surface area contributed by atoms with Gasteiger partial charge in [0, 0.05) is 29.1 Å². The van der Waals surface area contributed by atoms with E-state index in [1.54, 1.807) is 0 Å². The Morgan fingerprint density at radius 2 is 1.96 bits per heavy atom. The van der Waals surface area contributed by atoms with E-state index in [0.717, 1.165) is 18.4 Å². The maximum atomic E-state index is 13.0. The van der Waals surface area contributed by atoms with Crippen LogP contribution in [0.25, 0.3) is 0 Å². The van der Waals surface area contributed by atoms with E-state index >= 15 is 0 Å². The van der Waals surface area contributed by atoms with E-state index in [1.807, 2.05) is 29.2 Å². The molecule has 6 heteroatoms. The first-order chi connectivity index (χ1) is 12.1. The monoisotopic (exact) mass is 398 g/mol. The fraction of sp³-hybridized carbons (Fsp3) is 0.650. The SMILES string of the molecule is CC1COC(c2ccccc2Cl)CN1C(=O)CC1CC2CCC(C1)N2.Cl. The Morgan fingerprint density at radius 3 is 2.65 bits per heavy atom. The molecule has 3 heterocycles. The van der Waals surface area contributed by atoms with Crippen molar-refractivity contribution in [2.75, 3.05) is 13.2 Å². The van der Waals surface area contributed by atoms with Crippen LogP contribution < -0.4 is 5.32 Å². The first-order valence-electron chi connectivity index (χ1n) is 9.51. The third kappa shape index (κ3) is 4.19. The van der Waals surface area contributed by atoms with Crippen molar-refractivity contribution in [2.45, 2.75) is 63.3 Å². The molecular weight excluding hydrogens is 371 g/mol. The highest BCUT2D eigenvalue weighted by Gasteiger charge is 2.37. The second-order valence-electron chi connectivity index (χ2n) is 7.92. The molecular formula is C20H28Cl2N2O2. The summed E-state index contributed by atoms with van der Waals surface area (Å²) in [6.07, 6.45) is 5.39. The molecule has 0 saturated carbocycles. The number of nitrogens with zero attached hydrogens (tertiary/aromatic N) is 1. The molecule has 1 N–H and O–H groups in total. The van der Waals surface area contributed by atoms with Crippen LogP contribution in [-0.4, -0.2) is 42.1 Å². The van der Waals surface area contributed by atoms with E-state index in [2.05, 4.69) is 12.2 Å². The smallest absolute Gasteiger partial charge is 0.223 e. The number of carbonyl (C=O) groups is 1. The van der Waals surface area contributed by atoms with Crippen LogP contribution in [0.1, 0.15) is 50.7 Å². The summed E-state index contributed by atoms with van der Waals surface area (Å²) in [6, 6.07) is 9.17. The van der Waals surface area contributed by atoms with Crippen molar-refractivity contribution in [2.24, 2.45) is 5.92 Å². The molecule has 3 saturated heterocycles. The van der Waals surface area contributed by atoms with Gasteiger partial charge in [0.05, 0.1) is 19.2 Å². The zero-order valence-electron chi connectivity index (χ0n) is 15.2. The average molecular weight is 399 g/mol. The summed E-state index contributed by atoms with van der Waals surface area (Å²) in [7, 11) is 0. The second-order valence-corrected chi connectivity index (χ2v) is 8.33. The molecule has 144 valence electrons. The van der Waals surface area contributed by atoms with Crippen LogP contribution in [0.2, 0.25) is 5.02 Å². The van der Waals surface area contributed by atoms with Gasteiger partial charge in [0.1, 0.15) is 6.10 Å². The van der Waals surface area contributed by atoms with E-state index in [0.29, 0.717) is 42.6 Å². The second kappa shape index (κ2) is 8.47. The normalized spacial score (nSPS) is 33.6. The molecule has 1 aromatic carbocycles. The van der Waals surface area contributed by atoms with Crippen LogP contribution in [0.15, 0.2) is 24.3 Å². The van der Waals surface area contributed by atoms with Crippen LogP contribution in [0.3, 0.4) is 0 Å². The molecule has 4 unspecified atom stereocenters. The van der Waals surface area contributed by atoms with Crippen LogP contribution in [-0.2, 0) is 9.53 Å². The lowest BCUT2D eigenvalue weighted by atomic mass is 9.89. The zero-order valence-corrected chi connectivity index (χ0v) is 16.8. The molecule has 4 nitrogen and oxygen atoms in total. The maximum Gasteiger partial charge on any atom is 0.223 e. The highest BCUT2D eigenvalue weighted by atomic mass is 35.5. The molecule has 0 aliphatic carbocycles. The van der Waals surface area contributed by atoms with Gasteiger partial charge in [-0.2, -0.15) is 0 Å². The Kier molecular flexibility index (Phi) is 6.50. The fourth-order valence-electron chi connectivity index (χ4n) is 4.73. The molecule has 1 aromatic rings. The van der Waals surface area contributed by atoms with Gasteiger partial charge in [-0.3, -0.25) is 4.79 Å². The predicted molar refractivity (Wildman–Crippen MR) is 106 cm³/mol. The van der Waals surface area contributed by atoms with Gasteiger partial charge in [0.2, 0.25) is 5.91 Å². The van der Waals surface area contributed by atoms with Crippen molar-refractivity contribution >= 4 is 29.9 Å². The summed E-state index contributed by atoms with van der Waals surface area (Å²) < 4.78 is 5.98. The predicted octanol–water partition coefficient (Wildman–Crippen LogP) is 3.97. The minimum absolute atomic E-state index is 0. The number of benzene rings is 1. The van der Waals surface area contributed by atoms with Gasteiger partial charge in [-0.1, -0.05) is 29.8 Å². The van der Waals surface area contributed by atoms with Gasteiger partial charge < -0.3 is 15.0 Å². The molecule has 4 atom stereocenters. The minimum Gasteiger partial charge on any atom is -0.369 e. The highest BCUT2D eigenvalue weighted by Crippen LogP contribution is 2.34. The topological polar surface area (TPSA) is 41.6 Å². The number of fused-ring (bicyclic) bond motifs is 2. The molecule has 2 bridgehead atoms. The van der Waals surface area contributed by atoms with E-state index in [-0.39, 0.29) is 30.5 Å². The largest absolute Gasteiger partial charge is 0.369 e. The molecule has 0 spiro atoms. The van der Waals surface area contributed by atoms with Gasteiger partial charge >= 0.3 is 0 Å². The van der Waals surface area contributed by atoms with E-state index in [9.17, 15) is 4.79 Å². The van der Waals surface area contributed by atoms with Crippen molar-refractivity contribution in [3.05, 3.63) is 34.9 Å². The van der Waals surface area contributed by atoms with Crippen molar-refractivity contribution in [3.8, 4) is 0 Å². The fourth-order valence-corrected chi connectivity index (χ4v) is 4.99. The van der Waals surface area contributed by atoms with E-state index < -0.39 is 0 Å². The summed E-state index contributed by atoms with van der Waals surface area (Å²) in [6.45, 7) is 3.24. The van der Waals surface area contributed by atoms with Gasteiger partial charge in [0.25, 0.3) is 0 Å². The third-order valence-corrected chi connectivity index (χ3v) is 6.38. The molecule has 4 rings (SSSR count). The van der Waals surface area contributed by atoms with Crippen molar-refractivity contribution in [3.63, 3.8) is 0 Å². The number of carbonyl (C=O) groups excluding carboxylic acids is 1. The third-order valence-electron chi connectivity index (χ3n) is 6.04. The quantitative estimate of drug-likeness (QED) is 0.836. The lowest BCUT2D eigenvalue weighted by Crippen LogP contribution is -2.49. The minimum atomic E-state index is -0.127. The summed E-state index contributed by atoms with van der Waals surface area (Å²) in [4.78, 5) is 15.0. The number of morpholine rings is 1. The number of hydrogen-bond donors (Lipinski definition) is 1. The molecule has 1 amide bonds. The summed E-state index contributed by atoms with van der Waals surface area (Å²) in [5, 5.41) is 4.37. The van der Waals surface area contributed by atoms with E-state index in [1.165, 1.54) is 12.8 Å². The number of hydrogen-bond acceptors (Lipinski definition) is 3. The Hall–Kier alpha value is -0.810. The van der Waals surface area contributed by atoms with Gasteiger partial charge in [0.15, 0.2) is 0 Å². The van der Waals surface area contributed by atoms with Gasteiger partial charge in [-0.15, -0.1) is 12.4 Å². The Balaban J connectivity index is 0.00000196. The van der Waals surface area contributed by atoms with Crippen molar-refractivity contribution < 1.29 is 9.53 Å². The number of halogens is 2. The summed E-state index contributed by atoms with van der Waals surface area (Å²) in [5.41, 5.74) is 0.980. The number of rotatable bonds is 3. The maximum absolute atomic E-state index is 13.0. The van der Waals surface area contributed by atoms with Crippen LogP contribution >= 0.6 is 24.0 Å². The first-order valence-corrected chi connectivity index (χ1v) is 9.89. The lowest BCUT2D eigenvalue weighted by molar-refractivity contribution is -0.145. The first kappa shape index (κ1) is 19.9. The Bertz CT molecular complexity index is 630. The van der Waals surface area contributed by atoms with Crippen molar-refractivity contribution in [1.29, 1.82) is 0 Å². The molecule has 0 aromatic heterocycles. The van der Waals surface area contributed by atoms with Gasteiger partial charge in [-0.05, 0) is 44.6 Å². The Labute approximate surface area is 167 Å². The lowest BCUT2D eigenvalue weighted by Gasteiger charge is -2.39. The summed E-state index contributed by atoms with van der Waals surface area (Å²) >= 11 is 6.33. The number of ether oxygens (including phenoxy) is 1. The van der Waals surface area contributed by atoms with Gasteiger partial charge in [-0.25, -0.2) is 0 Å². The molecule has 3 aliphatic rings. The number of piperidine rings is 1. The Morgan fingerprint density at radius 1 is 1.27 bits per heavy atom. The number of nitrogens with one attached hydrogen (secondary N) is 1. The molecule has 26 heavy (non-hydrogen) atoms. The molecule has 3 fully saturated rings. The number of amides is 1.